The molecule has 0 heterocycles. The first-order chi connectivity index (χ1) is 10.1. The van der Waals surface area contributed by atoms with Crippen molar-refractivity contribution in [2.45, 2.75) is 40.0 Å². The fraction of sp³-hybridized carbons (Fsp3) is 0.471. The van der Waals surface area contributed by atoms with Crippen molar-refractivity contribution in [3.8, 4) is 11.5 Å². The highest BCUT2D eigenvalue weighted by Gasteiger charge is 2.14. The van der Waals surface area contributed by atoms with E-state index in [9.17, 15) is 4.79 Å². The number of carboxylic acids is 1. The molecule has 0 spiro atoms. The predicted octanol–water partition coefficient (Wildman–Crippen LogP) is 4.14. The molecule has 1 rings (SSSR count). The highest BCUT2D eigenvalue weighted by molar-refractivity contribution is 5.77. The fourth-order valence-electron chi connectivity index (χ4n) is 2.16. The molecule has 0 bridgehead atoms. The van der Waals surface area contributed by atoms with Crippen LogP contribution in [-0.2, 0) is 4.79 Å². The second-order valence-electron chi connectivity index (χ2n) is 4.58. The Morgan fingerprint density at radius 3 is 2.48 bits per heavy atom. The van der Waals surface area contributed by atoms with E-state index in [1.807, 2.05) is 32.0 Å². The Hall–Kier alpha value is -1.97. The lowest BCUT2D eigenvalue weighted by molar-refractivity contribution is -0.135. The maximum atomic E-state index is 10.8. The summed E-state index contributed by atoms with van der Waals surface area (Å²) in [6, 6.07) is 5.74. The van der Waals surface area contributed by atoms with Gasteiger partial charge < -0.3 is 14.6 Å². The molecule has 0 saturated carbocycles. The van der Waals surface area contributed by atoms with Crippen molar-refractivity contribution in [3.63, 3.8) is 0 Å². The third kappa shape index (κ3) is 5.14. The van der Waals surface area contributed by atoms with Crippen LogP contribution >= 0.6 is 0 Å². The van der Waals surface area contributed by atoms with Gasteiger partial charge in [0.1, 0.15) is 0 Å². The predicted molar refractivity (Wildman–Crippen MR) is 83.9 cm³/mol. The number of aliphatic carboxylic acids is 1. The summed E-state index contributed by atoms with van der Waals surface area (Å²) in [5.41, 5.74) is 1.91. The zero-order valence-corrected chi connectivity index (χ0v) is 13.0. The normalized spacial score (nSPS) is 11.3. The number of para-hydroxylation sites is 1. The molecule has 4 heteroatoms. The van der Waals surface area contributed by atoms with Gasteiger partial charge in [0.15, 0.2) is 11.5 Å². The second-order valence-corrected chi connectivity index (χ2v) is 4.58. The van der Waals surface area contributed by atoms with E-state index in [0.29, 0.717) is 24.7 Å². The van der Waals surface area contributed by atoms with Crippen molar-refractivity contribution < 1.29 is 19.4 Å². The minimum atomic E-state index is -0.831. The summed E-state index contributed by atoms with van der Waals surface area (Å²) in [5.74, 6) is 0.573. The van der Waals surface area contributed by atoms with Crippen LogP contribution in [0, 0.1) is 0 Å². The molecule has 0 radical (unpaired) electrons. The van der Waals surface area contributed by atoms with Crippen LogP contribution in [0.5, 0.6) is 11.5 Å². The number of hydrogen-bond acceptors (Lipinski definition) is 3. The molecule has 0 aromatic heterocycles. The van der Waals surface area contributed by atoms with Gasteiger partial charge in [-0.1, -0.05) is 31.6 Å². The van der Waals surface area contributed by atoms with Crippen LogP contribution in [0.2, 0.25) is 0 Å². The first kappa shape index (κ1) is 17.1. The smallest absolute Gasteiger partial charge is 0.307 e. The largest absolute Gasteiger partial charge is 0.490 e. The van der Waals surface area contributed by atoms with Crippen LogP contribution in [0.15, 0.2) is 24.3 Å². The van der Waals surface area contributed by atoms with Crippen molar-refractivity contribution in [2.75, 3.05) is 13.2 Å². The average molecular weight is 292 g/mol. The molecule has 21 heavy (non-hydrogen) atoms. The topological polar surface area (TPSA) is 55.8 Å². The number of carboxylic acid groups (broad SMARTS) is 1. The molecular formula is C17H24O4. The summed E-state index contributed by atoms with van der Waals surface area (Å²) in [5, 5.41) is 8.89. The third-order valence-electron chi connectivity index (χ3n) is 2.96. The summed E-state index contributed by atoms with van der Waals surface area (Å²) in [7, 11) is 0. The first-order valence-corrected chi connectivity index (χ1v) is 7.43. The van der Waals surface area contributed by atoms with Crippen molar-refractivity contribution in [3.05, 3.63) is 29.8 Å². The van der Waals surface area contributed by atoms with Gasteiger partial charge in [0.2, 0.25) is 0 Å². The van der Waals surface area contributed by atoms with Gasteiger partial charge in [-0.25, -0.2) is 0 Å². The van der Waals surface area contributed by atoms with Crippen LogP contribution < -0.4 is 9.47 Å². The monoisotopic (exact) mass is 292 g/mol. The van der Waals surface area contributed by atoms with E-state index in [1.165, 1.54) is 0 Å². The standard InChI is InChI=1S/C17H24O4/c1-4-8-13(11-12-16(18)19)14-9-7-10-15(20-5-2)17(14)21-6-3/h7,9-11H,4-6,8,12H2,1-3H3,(H,18,19)/b13-11+. The molecule has 0 aliphatic heterocycles. The van der Waals surface area contributed by atoms with Gasteiger partial charge in [-0.15, -0.1) is 0 Å². The number of hydrogen-bond donors (Lipinski definition) is 1. The molecule has 0 atom stereocenters. The molecule has 1 aromatic carbocycles. The molecule has 0 saturated heterocycles. The van der Waals surface area contributed by atoms with Gasteiger partial charge in [-0.05, 0) is 31.9 Å². The molecule has 116 valence electrons. The van der Waals surface area contributed by atoms with Crippen molar-refractivity contribution in [2.24, 2.45) is 0 Å². The first-order valence-electron chi connectivity index (χ1n) is 7.43. The van der Waals surface area contributed by atoms with Gasteiger partial charge in [0.25, 0.3) is 0 Å². The van der Waals surface area contributed by atoms with E-state index in [-0.39, 0.29) is 6.42 Å². The number of rotatable bonds is 9. The van der Waals surface area contributed by atoms with E-state index in [1.54, 1.807) is 6.08 Å². The lowest BCUT2D eigenvalue weighted by atomic mass is 9.98. The zero-order chi connectivity index (χ0) is 15.7. The Kier molecular flexibility index (Phi) is 7.37. The Bertz CT molecular complexity index is 492. The SMILES string of the molecule is CCC/C(=C\CC(=O)O)c1cccc(OCC)c1OCC. The van der Waals surface area contributed by atoms with Crippen molar-refractivity contribution in [1.82, 2.24) is 0 Å². The maximum absolute atomic E-state index is 10.8. The lowest BCUT2D eigenvalue weighted by Gasteiger charge is -2.17. The van der Waals surface area contributed by atoms with E-state index < -0.39 is 5.97 Å². The van der Waals surface area contributed by atoms with Crippen LogP contribution in [0.1, 0.15) is 45.6 Å². The molecular weight excluding hydrogens is 268 g/mol. The maximum Gasteiger partial charge on any atom is 0.307 e. The van der Waals surface area contributed by atoms with Crippen LogP contribution in [0.4, 0.5) is 0 Å². The zero-order valence-electron chi connectivity index (χ0n) is 13.0. The van der Waals surface area contributed by atoms with Gasteiger partial charge in [-0.2, -0.15) is 0 Å². The molecule has 1 N–H and O–H groups in total. The van der Waals surface area contributed by atoms with Gasteiger partial charge in [0.05, 0.1) is 19.6 Å². The molecule has 1 aromatic rings. The van der Waals surface area contributed by atoms with Crippen LogP contribution in [0.3, 0.4) is 0 Å². The minimum absolute atomic E-state index is 0.0137. The average Bonchev–Trinajstić information content (AvgIpc) is 2.46. The Morgan fingerprint density at radius 1 is 1.19 bits per heavy atom. The number of benzene rings is 1. The summed E-state index contributed by atoms with van der Waals surface area (Å²) >= 11 is 0. The summed E-state index contributed by atoms with van der Waals surface area (Å²) in [6.45, 7) is 7.02. The molecule has 0 amide bonds. The fourth-order valence-corrected chi connectivity index (χ4v) is 2.16. The summed E-state index contributed by atoms with van der Waals surface area (Å²) in [4.78, 5) is 10.8. The Balaban J connectivity index is 3.25. The van der Waals surface area contributed by atoms with Gasteiger partial charge >= 0.3 is 5.97 Å². The third-order valence-corrected chi connectivity index (χ3v) is 2.96. The summed E-state index contributed by atoms with van der Waals surface area (Å²) in [6.07, 6.45) is 3.53. The van der Waals surface area contributed by atoms with Gasteiger partial charge in [0, 0.05) is 5.56 Å². The molecule has 0 aliphatic rings. The van der Waals surface area contributed by atoms with Crippen molar-refractivity contribution >= 4 is 11.5 Å². The quantitative estimate of drug-likeness (QED) is 0.743. The van der Waals surface area contributed by atoms with E-state index in [2.05, 4.69) is 6.92 Å². The van der Waals surface area contributed by atoms with Crippen LogP contribution in [0.25, 0.3) is 5.57 Å². The highest BCUT2D eigenvalue weighted by Crippen LogP contribution is 2.37. The summed E-state index contributed by atoms with van der Waals surface area (Å²) < 4.78 is 11.4. The number of carbonyl (C=O) groups is 1. The lowest BCUT2D eigenvalue weighted by Crippen LogP contribution is -2.02. The second kappa shape index (κ2) is 9.06. The number of ether oxygens (including phenoxy) is 2. The van der Waals surface area contributed by atoms with Gasteiger partial charge in [-0.3, -0.25) is 4.79 Å². The van der Waals surface area contributed by atoms with E-state index >= 15 is 0 Å². The van der Waals surface area contributed by atoms with Crippen molar-refractivity contribution in [1.29, 1.82) is 0 Å². The van der Waals surface area contributed by atoms with E-state index in [0.717, 1.165) is 24.0 Å². The van der Waals surface area contributed by atoms with Crippen LogP contribution in [-0.4, -0.2) is 24.3 Å². The molecule has 0 aliphatic carbocycles. The Labute approximate surface area is 126 Å². The van der Waals surface area contributed by atoms with E-state index in [4.69, 9.17) is 14.6 Å². The molecule has 4 nitrogen and oxygen atoms in total. The molecule has 0 fully saturated rings. The minimum Gasteiger partial charge on any atom is -0.490 e. The number of allylic oxidation sites excluding steroid dienone is 1. The molecule has 0 unspecified atom stereocenters. The Morgan fingerprint density at radius 2 is 1.90 bits per heavy atom. The highest BCUT2D eigenvalue weighted by atomic mass is 16.5.